The molecule has 8 heteroatoms. The normalized spacial score (nSPS) is 20.3. The lowest BCUT2D eigenvalue weighted by Gasteiger charge is -2.30. The van der Waals surface area contributed by atoms with E-state index in [9.17, 15) is 13.2 Å². The Bertz CT molecular complexity index is 600. The van der Waals surface area contributed by atoms with Crippen LogP contribution in [0.1, 0.15) is 36.6 Å². The Labute approximate surface area is 124 Å². The number of piperidine rings is 1. The first-order chi connectivity index (χ1) is 9.86. The fourth-order valence-corrected chi connectivity index (χ4v) is 3.34. The second kappa shape index (κ2) is 6.48. The summed E-state index contributed by atoms with van der Waals surface area (Å²) < 4.78 is 24.7. The monoisotopic (exact) mass is 313 g/mol. The van der Waals surface area contributed by atoms with Gasteiger partial charge in [0.2, 0.25) is 10.0 Å². The van der Waals surface area contributed by atoms with Crippen molar-refractivity contribution in [3.05, 3.63) is 23.8 Å². The second-order valence-electron chi connectivity index (χ2n) is 5.29. The predicted molar refractivity (Wildman–Crippen MR) is 76.4 cm³/mol. The zero-order chi connectivity index (χ0) is 15.5. The van der Waals surface area contributed by atoms with Crippen molar-refractivity contribution in [3.63, 3.8) is 0 Å². The second-order valence-corrected chi connectivity index (χ2v) is 7.27. The summed E-state index contributed by atoms with van der Waals surface area (Å²) in [4.78, 5) is 19.0. The molecule has 1 atom stereocenters. The fourth-order valence-electron chi connectivity index (χ4n) is 2.42. The molecule has 2 rings (SSSR count). The van der Waals surface area contributed by atoms with Crippen molar-refractivity contribution in [1.29, 1.82) is 0 Å². The van der Waals surface area contributed by atoms with Crippen LogP contribution in [-0.4, -0.2) is 53.1 Å². The van der Waals surface area contributed by atoms with Gasteiger partial charge < -0.3 is 5.11 Å². The summed E-state index contributed by atoms with van der Waals surface area (Å²) in [6, 6.07) is 0. The van der Waals surface area contributed by atoms with Gasteiger partial charge in [-0.2, -0.15) is 0 Å². The molecule has 0 amide bonds. The van der Waals surface area contributed by atoms with Gasteiger partial charge in [0.15, 0.2) is 0 Å². The minimum absolute atomic E-state index is 0.0271. The molecule has 1 aliphatic rings. The van der Waals surface area contributed by atoms with E-state index in [1.165, 1.54) is 10.6 Å². The minimum Gasteiger partial charge on any atom is -0.481 e. The van der Waals surface area contributed by atoms with Crippen LogP contribution in [0.4, 0.5) is 0 Å². The van der Waals surface area contributed by atoms with E-state index in [2.05, 4.69) is 9.97 Å². The fraction of sp³-hybridized carbons (Fsp3) is 0.615. The Kier molecular flexibility index (Phi) is 4.89. The van der Waals surface area contributed by atoms with E-state index in [-0.39, 0.29) is 12.3 Å². The number of aromatic nitrogens is 2. The van der Waals surface area contributed by atoms with E-state index >= 15 is 0 Å². The number of sulfonamides is 1. The topological polar surface area (TPSA) is 100 Å². The van der Waals surface area contributed by atoms with Crippen LogP contribution in [0.3, 0.4) is 0 Å². The minimum atomic E-state index is -3.17. The molecule has 0 aromatic carbocycles. The van der Waals surface area contributed by atoms with Gasteiger partial charge in [-0.1, -0.05) is 0 Å². The van der Waals surface area contributed by atoms with E-state index in [1.54, 1.807) is 12.4 Å². The molecular formula is C13H19N3O4S. The quantitative estimate of drug-likeness (QED) is 0.856. The summed E-state index contributed by atoms with van der Waals surface area (Å²) in [7, 11) is -3.17. The van der Waals surface area contributed by atoms with Crippen LogP contribution in [0.25, 0.3) is 0 Å². The zero-order valence-corrected chi connectivity index (χ0v) is 12.7. The Morgan fingerprint density at radius 1 is 1.43 bits per heavy atom. The van der Waals surface area contributed by atoms with Crippen molar-refractivity contribution in [1.82, 2.24) is 14.3 Å². The molecular weight excluding hydrogens is 294 g/mol. The average molecular weight is 313 g/mol. The molecule has 0 radical (unpaired) electrons. The molecule has 1 saturated heterocycles. The summed E-state index contributed by atoms with van der Waals surface area (Å²) in [6.07, 6.45) is 6.50. The number of carbonyl (C=O) groups is 1. The van der Waals surface area contributed by atoms with Crippen molar-refractivity contribution < 1.29 is 18.3 Å². The van der Waals surface area contributed by atoms with Crippen LogP contribution in [0.5, 0.6) is 0 Å². The van der Waals surface area contributed by atoms with E-state index in [0.717, 1.165) is 18.5 Å². The number of aryl methyl sites for hydroxylation is 1. The molecule has 0 unspecified atom stereocenters. The van der Waals surface area contributed by atoms with Gasteiger partial charge in [-0.25, -0.2) is 12.7 Å². The molecule has 21 heavy (non-hydrogen) atoms. The zero-order valence-electron chi connectivity index (χ0n) is 11.9. The van der Waals surface area contributed by atoms with Gasteiger partial charge in [-0.3, -0.25) is 14.8 Å². The van der Waals surface area contributed by atoms with Crippen LogP contribution in [-0.2, 0) is 21.2 Å². The highest BCUT2D eigenvalue weighted by Crippen LogP contribution is 2.26. The number of nitrogens with zero attached hydrogens (tertiary/aromatic N) is 3. The van der Waals surface area contributed by atoms with Gasteiger partial charge in [0.25, 0.3) is 0 Å². The van der Waals surface area contributed by atoms with Gasteiger partial charge in [-0.05, 0) is 12.8 Å². The molecule has 0 aliphatic carbocycles. The van der Waals surface area contributed by atoms with Crippen molar-refractivity contribution in [3.8, 4) is 0 Å². The molecule has 116 valence electrons. The highest BCUT2D eigenvalue weighted by molar-refractivity contribution is 7.88. The van der Waals surface area contributed by atoms with Crippen LogP contribution < -0.4 is 0 Å². The average Bonchev–Trinajstić information content (AvgIpc) is 2.45. The first kappa shape index (κ1) is 15.8. The van der Waals surface area contributed by atoms with Gasteiger partial charge in [0, 0.05) is 37.8 Å². The molecule has 0 saturated carbocycles. The molecule has 1 aromatic rings. The molecule has 1 aliphatic heterocycles. The van der Waals surface area contributed by atoms with Crippen LogP contribution >= 0.6 is 0 Å². The third kappa shape index (κ3) is 4.47. The smallest absolute Gasteiger partial charge is 0.303 e. The summed E-state index contributed by atoms with van der Waals surface area (Å²) in [5.74, 6) is -0.813. The van der Waals surface area contributed by atoms with Crippen molar-refractivity contribution in [2.24, 2.45) is 0 Å². The SMILES string of the molecule is CS(=O)(=O)N1CCC[C@H](c2cnc(CCC(=O)O)cn2)C1. The van der Waals surface area contributed by atoms with E-state index in [4.69, 9.17) is 5.11 Å². The van der Waals surface area contributed by atoms with Crippen LogP contribution in [0.15, 0.2) is 12.4 Å². The van der Waals surface area contributed by atoms with Gasteiger partial charge in [0.05, 0.1) is 24.1 Å². The summed E-state index contributed by atoms with van der Waals surface area (Å²) >= 11 is 0. The first-order valence-corrected chi connectivity index (χ1v) is 8.69. The van der Waals surface area contributed by atoms with Crippen molar-refractivity contribution in [2.45, 2.75) is 31.6 Å². The lowest BCUT2D eigenvalue weighted by molar-refractivity contribution is -0.136. The molecule has 1 N–H and O–H groups in total. The molecule has 0 spiro atoms. The molecule has 1 aromatic heterocycles. The van der Waals surface area contributed by atoms with Crippen molar-refractivity contribution in [2.75, 3.05) is 19.3 Å². The number of rotatable bonds is 5. The van der Waals surface area contributed by atoms with E-state index in [1.807, 2.05) is 0 Å². The number of carboxylic acid groups (broad SMARTS) is 1. The molecule has 0 bridgehead atoms. The highest BCUT2D eigenvalue weighted by Gasteiger charge is 2.27. The standard InChI is InChI=1S/C13H19N3O4S/c1-21(19,20)16-6-2-3-10(9-16)12-8-14-11(7-15-12)4-5-13(17)18/h7-8,10H,2-6,9H2,1H3,(H,17,18)/t10-/m0/s1. The predicted octanol–water partition coefficient (Wildman–Crippen LogP) is 0.633. The lowest BCUT2D eigenvalue weighted by Crippen LogP contribution is -2.38. The number of carboxylic acids is 1. The van der Waals surface area contributed by atoms with E-state index in [0.29, 0.717) is 25.2 Å². The largest absolute Gasteiger partial charge is 0.481 e. The maximum atomic E-state index is 11.6. The highest BCUT2D eigenvalue weighted by atomic mass is 32.2. The van der Waals surface area contributed by atoms with Crippen LogP contribution in [0, 0.1) is 0 Å². The molecule has 7 nitrogen and oxygen atoms in total. The summed E-state index contributed by atoms with van der Waals surface area (Å²) in [5.41, 5.74) is 1.40. The number of hydrogen-bond acceptors (Lipinski definition) is 5. The number of aliphatic carboxylic acids is 1. The lowest BCUT2D eigenvalue weighted by atomic mass is 9.96. The summed E-state index contributed by atoms with van der Waals surface area (Å²) in [5, 5.41) is 8.63. The van der Waals surface area contributed by atoms with Crippen molar-refractivity contribution >= 4 is 16.0 Å². The van der Waals surface area contributed by atoms with Gasteiger partial charge in [-0.15, -0.1) is 0 Å². The maximum Gasteiger partial charge on any atom is 0.303 e. The van der Waals surface area contributed by atoms with Crippen LogP contribution in [0.2, 0.25) is 0 Å². The Morgan fingerprint density at radius 2 is 2.19 bits per heavy atom. The third-order valence-electron chi connectivity index (χ3n) is 3.59. The van der Waals surface area contributed by atoms with Gasteiger partial charge in [0.1, 0.15) is 0 Å². The Hall–Kier alpha value is -1.54. The third-order valence-corrected chi connectivity index (χ3v) is 4.86. The Morgan fingerprint density at radius 3 is 2.76 bits per heavy atom. The van der Waals surface area contributed by atoms with Gasteiger partial charge >= 0.3 is 5.97 Å². The molecule has 1 fully saturated rings. The maximum absolute atomic E-state index is 11.6. The first-order valence-electron chi connectivity index (χ1n) is 6.84. The summed E-state index contributed by atoms with van der Waals surface area (Å²) in [6.45, 7) is 0.988. The Balaban J connectivity index is 2.03. The molecule has 2 heterocycles. The number of hydrogen-bond donors (Lipinski definition) is 1. The van der Waals surface area contributed by atoms with E-state index < -0.39 is 16.0 Å².